The van der Waals surface area contributed by atoms with Gasteiger partial charge in [-0.25, -0.2) is 8.42 Å². The Morgan fingerprint density at radius 3 is 2.50 bits per heavy atom. The third-order valence-corrected chi connectivity index (χ3v) is 5.14. The van der Waals surface area contributed by atoms with E-state index in [1.165, 1.54) is 5.56 Å². The van der Waals surface area contributed by atoms with Crippen LogP contribution in [0.3, 0.4) is 0 Å². The van der Waals surface area contributed by atoms with Gasteiger partial charge in [-0.05, 0) is 17.5 Å². The van der Waals surface area contributed by atoms with Crippen molar-refractivity contribution in [3.05, 3.63) is 35.4 Å². The third-order valence-electron chi connectivity index (χ3n) is 3.46. The van der Waals surface area contributed by atoms with E-state index in [4.69, 9.17) is 5.11 Å². The van der Waals surface area contributed by atoms with Crippen molar-refractivity contribution in [3.63, 3.8) is 0 Å². The monoisotopic (exact) mass is 297 g/mol. The van der Waals surface area contributed by atoms with Gasteiger partial charge in [-0.1, -0.05) is 37.6 Å². The van der Waals surface area contributed by atoms with Crippen LogP contribution in [0.25, 0.3) is 0 Å². The molecule has 1 aliphatic heterocycles. The number of aryl methyl sites for hydroxylation is 1. The second-order valence-corrected chi connectivity index (χ2v) is 7.33. The highest BCUT2D eigenvalue weighted by Crippen LogP contribution is 2.22. The van der Waals surface area contributed by atoms with Crippen LogP contribution in [0.1, 0.15) is 30.5 Å². The molecule has 0 aliphatic carbocycles. The van der Waals surface area contributed by atoms with E-state index in [0.29, 0.717) is 0 Å². The number of nitrogens with one attached hydrogen (secondary N) is 1. The van der Waals surface area contributed by atoms with Crippen LogP contribution >= 0.6 is 0 Å². The van der Waals surface area contributed by atoms with Crippen LogP contribution < -0.4 is 5.32 Å². The quantitative estimate of drug-likeness (QED) is 0.871. The number of hydrogen-bond donors (Lipinski definition) is 2. The molecule has 1 aromatic carbocycles. The SMILES string of the molecule is CCCc1ccc(C2CS(=O)(=O)CC(C(=O)O)N2)cc1. The normalized spacial score (nSPS) is 25.2. The van der Waals surface area contributed by atoms with E-state index in [9.17, 15) is 13.2 Å². The molecule has 6 heteroatoms. The first-order chi connectivity index (χ1) is 9.41. The van der Waals surface area contributed by atoms with Crippen LogP contribution in [0, 0.1) is 0 Å². The minimum atomic E-state index is -3.34. The summed E-state index contributed by atoms with van der Waals surface area (Å²) in [6.45, 7) is 2.10. The summed E-state index contributed by atoms with van der Waals surface area (Å²) in [6.07, 6.45) is 2.03. The first kappa shape index (κ1) is 15.0. The smallest absolute Gasteiger partial charge is 0.321 e. The van der Waals surface area contributed by atoms with Gasteiger partial charge in [0.1, 0.15) is 6.04 Å². The molecule has 0 bridgehead atoms. The second-order valence-electron chi connectivity index (χ2n) is 5.18. The van der Waals surface area contributed by atoms with E-state index in [1.807, 2.05) is 24.3 Å². The zero-order valence-corrected chi connectivity index (χ0v) is 12.2. The Labute approximate surface area is 118 Å². The van der Waals surface area contributed by atoms with Gasteiger partial charge < -0.3 is 5.11 Å². The summed E-state index contributed by atoms with van der Waals surface area (Å²) in [7, 11) is -3.34. The Morgan fingerprint density at radius 1 is 1.30 bits per heavy atom. The molecule has 5 nitrogen and oxygen atoms in total. The number of benzene rings is 1. The molecule has 1 aliphatic rings. The first-order valence-electron chi connectivity index (χ1n) is 6.69. The Kier molecular flexibility index (Phi) is 4.45. The summed E-state index contributed by atoms with van der Waals surface area (Å²) in [6, 6.07) is 6.21. The minimum absolute atomic E-state index is 0.0517. The molecule has 0 aromatic heterocycles. The summed E-state index contributed by atoms with van der Waals surface area (Å²) in [4.78, 5) is 11.0. The Balaban J connectivity index is 2.20. The third kappa shape index (κ3) is 3.58. The molecule has 2 unspecified atom stereocenters. The zero-order valence-electron chi connectivity index (χ0n) is 11.4. The molecular formula is C14H19NO4S. The second kappa shape index (κ2) is 5.93. The Morgan fingerprint density at radius 2 is 1.95 bits per heavy atom. The van der Waals surface area contributed by atoms with Crippen molar-refractivity contribution < 1.29 is 18.3 Å². The van der Waals surface area contributed by atoms with Crippen LogP contribution in [-0.4, -0.2) is 37.0 Å². The summed E-state index contributed by atoms with van der Waals surface area (Å²) in [5.41, 5.74) is 2.02. The van der Waals surface area contributed by atoms with Crippen molar-refractivity contribution in [1.29, 1.82) is 0 Å². The van der Waals surface area contributed by atoms with Crippen molar-refractivity contribution in [2.24, 2.45) is 0 Å². The van der Waals surface area contributed by atoms with E-state index in [0.717, 1.165) is 18.4 Å². The fourth-order valence-electron chi connectivity index (χ4n) is 2.46. The standard InChI is InChI=1S/C14H19NO4S/c1-2-3-10-4-6-11(7-5-10)12-8-20(18,19)9-13(15-12)14(16)17/h4-7,12-13,15H,2-3,8-9H2,1H3,(H,16,17). The van der Waals surface area contributed by atoms with Crippen LogP contribution in [0.15, 0.2) is 24.3 Å². The Bertz CT molecular complexity index is 580. The van der Waals surface area contributed by atoms with Crippen molar-refractivity contribution in [3.8, 4) is 0 Å². The predicted octanol–water partition coefficient (Wildman–Crippen LogP) is 1.15. The molecule has 0 radical (unpaired) electrons. The van der Waals surface area contributed by atoms with Crippen molar-refractivity contribution in [2.45, 2.75) is 31.8 Å². The van der Waals surface area contributed by atoms with Crippen molar-refractivity contribution >= 4 is 15.8 Å². The van der Waals surface area contributed by atoms with Crippen LogP contribution in [0.2, 0.25) is 0 Å². The first-order valence-corrected chi connectivity index (χ1v) is 8.51. The molecule has 1 aromatic rings. The highest BCUT2D eigenvalue weighted by Gasteiger charge is 2.35. The van der Waals surface area contributed by atoms with E-state index in [2.05, 4.69) is 12.2 Å². The highest BCUT2D eigenvalue weighted by molar-refractivity contribution is 7.91. The predicted molar refractivity (Wildman–Crippen MR) is 76.4 cm³/mol. The van der Waals surface area contributed by atoms with Gasteiger partial charge in [-0.3, -0.25) is 10.1 Å². The molecule has 2 rings (SSSR count). The molecule has 2 atom stereocenters. The topological polar surface area (TPSA) is 83.5 Å². The van der Waals surface area contributed by atoms with Gasteiger partial charge in [0.05, 0.1) is 11.5 Å². The van der Waals surface area contributed by atoms with Gasteiger partial charge in [-0.2, -0.15) is 0 Å². The largest absolute Gasteiger partial charge is 0.480 e. The van der Waals surface area contributed by atoms with Gasteiger partial charge in [0.25, 0.3) is 0 Å². The maximum Gasteiger partial charge on any atom is 0.321 e. The lowest BCUT2D eigenvalue weighted by molar-refractivity contribution is -0.139. The molecule has 0 saturated carbocycles. The molecule has 0 amide bonds. The molecule has 110 valence electrons. The lowest BCUT2D eigenvalue weighted by Gasteiger charge is -2.28. The summed E-state index contributed by atoms with van der Waals surface area (Å²) in [5, 5.41) is 11.9. The molecule has 1 heterocycles. The highest BCUT2D eigenvalue weighted by atomic mass is 32.2. The van der Waals surface area contributed by atoms with Crippen molar-refractivity contribution in [2.75, 3.05) is 11.5 Å². The molecule has 0 spiro atoms. The summed E-state index contributed by atoms with van der Waals surface area (Å²) < 4.78 is 23.6. The number of sulfone groups is 1. The van der Waals surface area contributed by atoms with Crippen LogP contribution in [-0.2, 0) is 21.1 Å². The fourth-order valence-corrected chi connectivity index (χ4v) is 4.13. The molecule has 2 N–H and O–H groups in total. The average Bonchev–Trinajstić information content (AvgIpc) is 2.38. The Hall–Kier alpha value is -1.40. The number of rotatable bonds is 4. The van der Waals surface area contributed by atoms with E-state index in [1.54, 1.807) is 0 Å². The molecule has 1 saturated heterocycles. The summed E-state index contributed by atoms with van der Waals surface area (Å²) >= 11 is 0. The number of carboxylic acids is 1. The van der Waals surface area contributed by atoms with Gasteiger partial charge in [0.2, 0.25) is 0 Å². The molecular weight excluding hydrogens is 278 g/mol. The fraction of sp³-hybridized carbons (Fsp3) is 0.500. The molecule has 1 fully saturated rings. The van der Waals surface area contributed by atoms with E-state index < -0.39 is 27.9 Å². The summed E-state index contributed by atoms with van der Waals surface area (Å²) in [5.74, 6) is -1.52. The lowest BCUT2D eigenvalue weighted by atomic mass is 10.0. The van der Waals surface area contributed by atoms with Gasteiger partial charge in [0.15, 0.2) is 9.84 Å². The van der Waals surface area contributed by atoms with Crippen molar-refractivity contribution in [1.82, 2.24) is 5.32 Å². The van der Waals surface area contributed by atoms with Crippen LogP contribution in [0.4, 0.5) is 0 Å². The number of carbonyl (C=O) groups is 1. The van der Waals surface area contributed by atoms with Gasteiger partial charge in [-0.15, -0.1) is 0 Å². The molecule has 20 heavy (non-hydrogen) atoms. The van der Waals surface area contributed by atoms with Crippen LogP contribution in [0.5, 0.6) is 0 Å². The number of aliphatic carboxylic acids is 1. The number of hydrogen-bond acceptors (Lipinski definition) is 4. The maximum absolute atomic E-state index is 11.8. The minimum Gasteiger partial charge on any atom is -0.480 e. The van der Waals surface area contributed by atoms with Gasteiger partial charge in [0, 0.05) is 6.04 Å². The van der Waals surface area contributed by atoms with Gasteiger partial charge >= 0.3 is 5.97 Å². The average molecular weight is 297 g/mol. The number of carboxylic acid groups (broad SMARTS) is 1. The van der Waals surface area contributed by atoms with E-state index >= 15 is 0 Å². The maximum atomic E-state index is 11.8. The zero-order chi connectivity index (χ0) is 14.8. The lowest BCUT2D eigenvalue weighted by Crippen LogP contribution is -2.51. The van der Waals surface area contributed by atoms with E-state index in [-0.39, 0.29) is 11.5 Å².